The van der Waals surface area contributed by atoms with Gasteiger partial charge in [0.05, 0.1) is 6.33 Å². The second-order valence-corrected chi connectivity index (χ2v) is 4.74. The molecule has 0 radical (unpaired) electrons. The van der Waals surface area contributed by atoms with Gasteiger partial charge in [0.2, 0.25) is 0 Å². The molecule has 1 aromatic heterocycles. The average molecular weight is 237 g/mol. The number of anilines is 2. The third-order valence-electron chi connectivity index (χ3n) is 3.53. The summed E-state index contributed by atoms with van der Waals surface area (Å²) in [5, 5.41) is 0. The highest BCUT2D eigenvalue weighted by Crippen LogP contribution is 2.21. The van der Waals surface area contributed by atoms with Gasteiger partial charge in [-0.05, 0) is 20.9 Å². The average Bonchev–Trinajstić information content (AvgIpc) is 2.29. The Balaban J connectivity index is 2.29. The third-order valence-corrected chi connectivity index (χ3v) is 3.53. The summed E-state index contributed by atoms with van der Waals surface area (Å²) < 4.78 is 0. The van der Waals surface area contributed by atoms with Gasteiger partial charge < -0.3 is 15.6 Å². The number of likely N-dealkylation sites (N-methyl/N-ethyl adjacent to an activating group) is 1. The molecule has 1 saturated heterocycles. The van der Waals surface area contributed by atoms with E-state index in [1.165, 1.54) is 6.33 Å². The van der Waals surface area contributed by atoms with Crippen molar-refractivity contribution in [3.8, 4) is 0 Å². The summed E-state index contributed by atoms with van der Waals surface area (Å²) in [6, 6.07) is 0.832. The van der Waals surface area contributed by atoms with Gasteiger partial charge in [-0.1, -0.05) is 0 Å². The zero-order valence-electron chi connectivity index (χ0n) is 10.5. The van der Waals surface area contributed by atoms with Crippen molar-refractivity contribution in [2.75, 3.05) is 30.8 Å². The molecule has 1 aliphatic rings. The molecule has 0 amide bonds. The molecule has 2 heterocycles. The third kappa shape index (κ3) is 2.12. The van der Waals surface area contributed by atoms with Crippen molar-refractivity contribution in [3.63, 3.8) is 0 Å². The van der Waals surface area contributed by atoms with E-state index in [0.717, 1.165) is 13.1 Å². The fourth-order valence-corrected chi connectivity index (χ4v) is 2.23. The summed E-state index contributed by atoms with van der Waals surface area (Å²) >= 11 is 0. The van der Waals surface area contributed by atoms with E-state index >= 15 is 0 Å². The molecule has 2 rings (SSSR count). The van der Waals surface area contributed by atoms with Crippen LogP contribution in [0, 0.1) is 0 Å². The van der Waals surface area contributed by atoms with Crippen molar-refractivity contribution in [1.29, 1.82) is 0 Å². The van der Waals surface area contributed by atoms with Crippen LogP contribution in [0.4, 0.5) is 11.5 Å². The first kappa shape index (κ1) is 11.9. The molecule has 2 unspecified atom stereocenters. The summed E-state index contributed by atoms with van der Waals surface area (Å²) in [4.78, 5) is 22.5. The van der Waals surface area contributed by atoms with Crippen LogP contribution < -0.4 is 16.2 Å². The molecule has 0 aliphatic carbocycles. The SMILES string of the molecule is CC1CN(c2nc[nH]c(=O)c2N)CC(C)N1C. The van der Waals surface area contributed by atoms with Gasteiger partial charge in [-0.2, -0.15) is 0 Å². The molecular formula is C11H19N5O. The first-order valence-electron chi connectivity index (χ1n) is 5.80. The Bertz CT molecular complexity index is 445. The smallest absolute Gasteiger partial charge is 0.276 e. The van der Waals surface area contributed by atoms with Crippen LogP contribution in [0.5, 0.6) is 0 Å². The van der Waals surface area contributed by atoms with Crippen molar-refractivity contribution >= 4 is 11.5 Å². The van der Waals surface area contributed by atoms with Crippen LogP contribution in [0.3, 0.4) is 0 Å². The minimum atomic E-state index is -0.269. The number of aromatic nitrogens is 2. The summed E-state index contributed by atoms with van der Waals surface area (Å²) in [6.45, 7) is 5.99. The van der Waals surface area contributed by atoms with E-state index in [9.17, 15) is 4.79 Å². The van der Waals surface area contributed by atoms with Crippen LogP contribution in [0.2, 0.25) is 0 Å². The number of hydrogen-bond donors (Lipinski definition) is 2. The normalized spacial score (nSPS) is 26.2. The van der Waals surface area contributed by atoms with Crippen molar-refractivity contribution in [2.24, 2.45) is 0 Å². The molecule has 2 atom stereocenters. The van der Waals surface area contributed by atoms with E-state index in [1.54, 1.807) is 0 Å². The molecule has 6 nitrogen and oxygen atoms in total. The van der Waals surface area contributed by atoms with Crippen molar-refractivity contribution in [2.45, 2.75) is 25.9 Å². The number of H-pyrrole nitrogens is 1. The van der Waals surface area contributed by atoms with E-state index < -0.39 is 0 Å². The highest BCUT2D eigenvalue weighted by molar-refractivity contribution is 5.61. The summed E-state index contributed by atoms with van der Waals surface area (Å²) in [6.07, 6.45) is 1.40. The molecule has 0 aromatic carbocycles. The number of nitrogen functional groups attached to an aromatic ring is 1. The van der Waals surface area contributed by atoms with Crippen molar-refractivity contribution in [1.82, 2.24) is 14.9 Å². The Labute approximate surface area is 100 Å². The lowest BCUT2D eigenvalue weighted by atomic mass is 10.1. The fourth-order valence-electron chi connectivity index (χ4n) is 2.23. The van der Waals surface area contributed by atoms with E-state index in [0.29, 0.717) is 17.9 Å². The maximum Gasteiger partial charge on any atom is 0.276 e. The second-order valence-electron chi connectivity index (χ2n) is 4.74. The van der Waals surface area contributed by atoms with Gasteiger partial charge in [-0.15, -0.1) is 0 Å². The Morgan fingerprint density at radius 2 is 2.00 bits per heavy atom. The van der Waals surface area contributed by atoms with E-state index in [-0.39, 0.29) is 11.2 Å². The Hall–Kier alpha value is -1.56. The fraction of sp³-hybridized carbons (Fsp3) is 0.636. The van der Waals surface area contributed by atoms with Crippen LogP contribution in [0.15, 0.2) is 11.1 Å². The lowest BCUT2D eigenvalue weighted by molar-refractivity contribution is 0.169. The second kappa shape index (κ2) is 4.37. The molecule has 1 aromatic rings. The Morgan fingerprint density at radius 3 is 2.59 bits per heavy atom. The van der Waals surface area contributed by atoms with Gasteiger partial charge in [0, 0.05) is 25.2 Å². The standard InChI is InChI=1S/C11H19N5O/c1-7-4-16(5-8(2)15(7)3)10-9(12)11(17)14-6-13-10/h6-8H,4-5,12H2,1-3H3,(H,13,14,17). The number of hydrogen-bond acceptors (Lipinski definition) is 5. The molecular weight excluding hydrogens is 218 g/mol. The summed E-state index contributed by atoms with van der Waals surface area (Å²) in [5.41, 5.74) is 5.71. The number of aromatic amines is 1. The number of rotatable bonds is 1. The van der Waals surface area contributed by atoms with E-state index in [4.69, 9.17) is 5.73 Å². The molecule has 0 spiro atoms. The topological polar surface area (TPSA) is 78.2 Å². The van der Waals surface area contributed by atoms with Crippen LogP contribution in [-0.2, 0) is 0 Å². The molecule has 0 bridgehead atoms. The maximum atomic E-state index is 11.5. The van der Waals surface area contributed by atoms with Gasteiger partial charge in [0.15, 0.2) is 5.82 Å². The van der Waals surface area contributed by atoms with Gasteiger partial charge in [0.1, 0.15) is 5.69 Å². The molecule has 94 valence electrons. The number of nitrogens with one attached hydrogen (secondary N) is 1. The zero-order chi connectivity index (χ0) is 12.6. The Morgan fingerprint density at radius 1 is 1.41 bits per heavy atom. The van der Waals surface area contributed by atoms with Gasteiger partial charge in [0.25, 0.3) is 5.56 Å². The first-order chi connectivity index (χ1) is 8.00. The predicted octanol–water partition coefficient (Wildman–Crippen LogP) is -0.119. The number of nitrogens with zero attached hydrogens (tertiary/aromatic N) is 3. The lowest BCUT2D eigenvalue weighted by Crippen LogP contribution is -2.55. The maximum absolute atomic E-state index is 11.5. The summed E-state index contributed by atoms with van der Waals surface area (Å²) in [7, 11) is 2.11. The monoisotopic (exact) mass is 237 g/mol. The van der Waals surface area contributed by atoms with Crippen LogP contribution in [0.1, 0.15) is 13.8 Å². The lowest BCUT2D eigenvalue weighted by Gasteiger charge is -2.43. The number of nitrogens with two attached hydrogens (primary N) is 1. The van der Waals surface area contributed by atoms with Crippen molar-refractivity contribution < 1.29 is 0 Å². The van der Waals surface area contributed by atoms with Crippen LogP contribution in [0.25, 0.3) is 0 Å². The first-order valence-corrected chi connectivity index (χ1v) is 5.80. The zero-order valence-corrected chi connectivity index (χ0v) is 10.5. The molecule has 6 heteroatoms. The van der Waals surface area contributed by atoms with Crippen LogP contribution in [-0.4, -0.2) is 47.1 Å². The molecule has 0 saturated carbocycles. The molecule has 3 N–H and O–H groups in total. The van der Waals surface area contributed by atoms with Crippen molar-refractivity contribution in [3.05, 3.63) is 16.7 Å². The van der Waals surface area contributed by atoms with E-state index in [1.807, 2.05) is 0 Å². The van der Waals surface area contributed by atoms with Gasteiger partial charge >= 0.3 is 0 Å². The Kier molecular flexibility index (Phi) is 3.06. The van der Waals surface area contributed by atoms with Gasteiger partial charge in [-0.3, -0.25) is 9.69 Å². The minimum absolute atomic E-state index is 0.205. The van der Waals surface area contributed by atoms with Crippen LogP contribution >= 0.6 is 0 Å². The molecule has 1 fully saturated rings. The van der Waals surface area contributed by atoms with E-state index in [2.05, 4.69) is 40.7 Å². The number of piperazine rings is 1. The predicted molar refractivity (Wildman–Crippen MR) is 68.2 cm³/mol. The quantitative estimate of drug-likeness (QED) is 0.712. The van der Waals surface area contributed by atoms with Gasteiger partial charge in [-0.25, -0.2) is 4.98 Å². The molecule has 17 heavy (non-hydrogen) atoms. The highest BCUT2D eigenvalue weighted by atomic mass is 16.1. The largest absolute Gasteiger partial charge is 0.391 e. The molecule has 1 aliphatic heterocycles. The minimum Gasteiger partial charge on any atom is -0.391 e. The highest BCUT2D eigenvalue weighted by Gasteiger charge is 2.28. The summed E-state index contributed by atoms with van der Waals surface area (Å²) in [5.74, 6) is 0.598.